The van der Waals surface area contributed by atoms with Crippen molar-refractivity contribution < 1.29 is 23.4 Å². The molecule has 0 fully saturated rings. The number of carbonyl (C=O) groups is 1. The van der Waals surface area contributed by atoms with E-state index in [0.717, 1.165) is 29.7 Å². The Morgan fingerprint density at radius 1 is 1.08 bits per heavy atom. The molecule has 0 saturated carbocycles. The number of benzene rings is 1. The number of methoxy groups -OCH3 is 2. The second-order valence-electron chi connectivity index (χ2n) is 11.8. The molecule has 0 aromatic heterocycles. The smallest absolute Gasteiger partial charge is 0.192 e. The van der Waals surface area contributed by atoms with Gasteiger partial charge in [0.1, 0.15) is 18.0 Å². The zero-order valence-corrected chi connectivity index (χ0v) is 25.1. The third-order valence-electron chi connectivity index (χ3n) is 7.59. The fourth-order valence-corrected chi connectivity index (χ4v) is 5.02. The molecule has 0 bridgehead atoms. The van der Waals surface area contributed by atoms with Crippen LogP contribution in [-0.4, -0.2) is 47.1 Å². The van der Waals surface area contributed by atoms with Crippen LogP contribution in [0.15, 0.2) is 47.6 Å². The molecule has 1 aromatic rings. The van der Waals surface area contributed by atoms with Gasteiger partial charge in [-0.1, -0.05) is 58.4 Å². The fraction of sp³-hybridized carbons (Fsp3) is 0.633. The van der Waals surface area contributed by atoms with E-state index in [1.807, 2.05) is 37.3 Å². The number of Topliss-reactive ketones (excluding diaryl/α,β-unsaturated/α-hetero) is 1. The molecule has 6 heteroatoms. The topological polar surface area (TPSA) is 54.0 Å². The van der Waals surface area contributed by atoms with Gasteiger partial charge in [-0.25, -0.2) is 0 Å². The Kier molecular flexibility index (Phi) is 11.2. The fourth-order valence-electron chi connectivity index (χ4n) is 4.07. The Morgan fingerprint density at radius 3 is 2.25 bits per heavy atom. The maximum absolute atomic E-state index is 13.8. The van der Waals surface area contributed by atoms with Crippen LogP contribution in [-0.2, 0) is 25.3 Å². The van der Waals surface area contributed by atoms with Crippen LogP contribution >= 0.6 is 0 Å². The van der Waals surface area contributed by atoms with Crippen molar-refractivity contribution in [3.8, 4) is 5.75 Å². The first-order valence-corrected chi connectivity index (χ1v) is 16.0. The summed E-state index contributed by atoms with van der Waals surface area (Å²) < 4.78 is 24.0. The Hall–Kier alpha value is -1.73. The lowest BCUT2D eigenvalue weighted by Crippen LogP contribution is -2.47. The molecule has 1 aliphatic carbocycles. The molecule has 3 unspecified atom stereocenters. The van der Waals surface area contributed by atoms with Crippen LogP contribution in [0.25, 0.3) is 0 Å². The van der Waals surface area contributed by atoms with Crippen LogP contribution in [0.4, 0.5) is 0 Å². The molecular formula is C30H48O5Si. The Balaban J connectivity index is 2.33. The quantitative estimate of drug-likeness (QED) is 0.219. The van der Waals surface area contributed by atoms with Gasteiger partial charge in [0, 0.05) is 12.7 Å². The second kappa shape index (κ2) is 13.2. The standard InChI is InChI=1S/C30H48O5Si/c1-21(2)12-11-13-22(3)27-28(31)24(20-35-36(9,10)30(4,5)6)18-26(29(27)33-8)34-19-23-14-16-25(32-7)17-15-23/h13-18,21,26-27,29H,11-12,19-20H2,1-10H3/b22-13+. The molecule has 202 valence electrons. The van der Waals surface area contributed by atoms with E-state index in [1.165, 1.54) is 0 Å². The van der Waals surface area contributed by atoms with Gasteiger partial charge in [0.2, 0.25) is 0 Å². The zero-order chi connectivity index (χ0) is 27.1. The molecule has 0 amide bonds. The summed E-state index contributed by atoms with van der Waals surface area (Å²) >= 11 is 0. The molecule has 1 aliphatic rings. The van der Waals surface area contributed by atoms with Crippen LogP contribution in [0.1, 0.15) is 59.9 Å². The van der Waals surface area contributed by atoms with Gasteiger partial charge >= 0.3 is 0 Å². The first kappa shape index (κ1) is 30.5. The molecule has 36 heavy (non-hydrogen) atoms. The first-order valence-electron chi connectivity index (χ1n) is 13.1. The zero-order valence-electron chi connectivity index (χ0n) is 24.1. The molecule has 0 N–H and O–H groups in total. The van der Waals surface area contributed by atoms with Crippen molar-refractivity contribution in [3.63, 3.8) is 0 Å². The van der Waals surface area contributed by atoms with Gasteiger partial charge in [-0.2, -0.15) is 0 Å². The predicted molar refractivity (Wildman–Crippen MR) is 150 cm³/mol. The third-order valence-corrected chi connectivity index (χ3v) is 12.1. The maximum atomic E-state index is 13.8. The highest BCUT2D eigenvalue weighted by Crippen LogP contribution is 2.38. The summed E-state index contributed by atoms with van der Waals surface area (Å²) in [6, 6.07) is 7.84. The number of rotatable bonds is 12. The number of hydrogen-bond donors (Lipinski definition) is 0. The number of carbonyl (C=O) groups excluding carboxylic acids is 1. The first-order chi connectivity index (χ1) is 16.8. The summed E-state index contributed by atoms with van der Waals surface area (Å²) in [5.41, 5.74) is 2.77. The molecule has 5 nitrogen and oxygen atoms in total. The van der Waals surface area contributed by atoms with Crippen molar-refractivity contribution in [2.24, 2.45) is 11.8 Å². The summed E-state index contributed by atoms with van der Waals surface area (Å²) in [5, 5.41) is 0.0661. The van der Waals surface area contributed by atoms with E-state index in [9.17, 15) is 4.79 Å². The lowest BCUT2D eigenvalue weighted by molar-refractivity contribution is -0.130. The molecule has 0 saturated heterocycles. The van der Waals surface area contributed by atoms with E-state index >= 15 is 0 Å². The normalized spacial score (nSPS) is 21.6. The molecule has 0 radical (unpaired) electrons. The molecule has 0 heterocycles. The van der Waals surface area contributed by atoms with Gasteiger partial charge in [0.15, 0.2) is 14.1 Å². The Morgan fingerprint density at radius 2 is 1.72 bits per heavy atom. The van der Waals surface area contributed by atoms with Crippen molar-refractivity contribution in [1.82, 2.24) is 0 Å². The summed E-state index contributed by atoms with van der Waals surface area (Å²) in [7, 11) is 1.30. The molecule has 0 aliphatic heterocycles. The maximum Gasteiger partial charge on any atom is 0.192 e. The van der Waals surface area contributed by atoms with Gasteiger partial charge in [0.05, 0.1) is 26.2 Å². The minimum Gasteiger partial charge on any atom is -0.497 e. The Bertz CT molecular complexity index is 908. The minimum atomic E-state index is -2.02. The number of ether oxygens (including phenoxy) is 3. The number of allylic oxidation sites excluding steroid dienone is 1. The van der Waals surface area contributed by atoms with Crippen molar-refractivity contribution in [1.29, 1.82) is 0 Å². The molecule has 3 atom stereocenters. The SMILES string of the molecule is COc1ccc(COC2C=C(CO[Si](C)(C)C(C)(C)C)C(=O)C(/C(C)=C/CCC(C)C)C2OC)cc1. The molecule has 2 rings (SSSR count). The van der Waals surface area contributed by atoms with E-state index in [0.29, 0.717) is 24.7 Å². The summed E-state index contributed by atoms with van der Waals surface area (Å²) in [5.74, 6) is 1.13. The van der Waals surface area contributed by atoms with Crippen LogP contribution in [0.5, 0.6) is 5.75 Å². The highest BCUT2D eigenvalue weighted by Gasteiger charge is 2.43. The van der Waals surface area contributed by atoms with Gasteiger partial charge in [-0.05, 0) is 67.6 Å². The lowest BCUT2D eigenvalue weighted by atomic mass is 9.78. The highest BCUT2D eigenvalue weighted by molar-refractivity contribution is 6.74. The monoisotopic (exact) mass is 516 g/mol. The summed E-state index contributed by atoms with van der Waals surface area (Å²) in [6.07, 6.45) is 5.43. The average Bonchev–Trinajstić information content (AvgIpc) is 2.81. The van der Waals surface area contributed by atoms with E-state index in [2.05, 4.69) is 53.8 Å². The van der Waals surface area contributed by atoms with Crippen molar-refractivity contribution in [2.45, 2.75) is 91.3 Å². The summed E-state index contributed by atoms with van der Waals surface area (Å²) in [4.78, 5) is 13.8. The lowest BCUT2D eigenvalue weighted by Gasteiger charge is -2.39. The molecular weight excluding hydrogens is 468 g/mol. The predicted octanol–water partition coefficient (Wildman–Crippen LogP) is 7.13. The minimum absolute atomic E-state index is 0.0661. The average molecular weight is 517 g/mol. The number of ketones is 1. The number of hydrogen-bond acceptors (Lipinski definition) is 5. The van der Waals surface area contributed by atoms with Gasteiger partial charge < -0.3 is 18.6 Å². The van der Waals surface area contributed by atoms with Crippen molar-refractivity contribution in [2.75, 3.05) is 20.8 Å². The largest absolute Gasteiger partial charge is 0.497 e. The van der Waals surface area contributed by atoms with E-state index < -0.39 is 8.32 Å². The van der Waals surface area contributed by atoms with Crippen molar-refractivity contribution >= 4 is 14.1 Å². The Labute approximate surface area is 220 Å². The van der Waals surface area contributed by atoms with E-state index in [-0.39, 0.29) is 28.9 Å². The van der Waals surface area contributed by atoms with Crippen LogP contribution in [0.2, 0.25) is 18.1 Å². The summed E-state index contributed by atoms with van der Waals surface area (Å²) in [6.45, 7) is 18.3. The van der Waals surface area contributed by atoms with Crippen LogP contribution in [0.3, 0.4) is 0 Å². The van der Waals surface area contributed by atoms with E-state index in [4.69, 9.17) is 18.6 Å². The van der Waals surface area contributed by atoms with E-state index in [1.54, 1.807) is 14.2 Å². The van der Waals surface area contributed by atoms with Gasteiger partial charge in [0.25, 0.3) is 0 Å². The van der Waals surface area contributed by atoms with Gasteiger partial charge in [-0.3, -0.25) is 4.79 Å². The second-order valence-corrected chi connectivity index (χ2v) is 16.6. The third kappa shape index (κ3) is 8.14. The van der Waals surface area contributed by atoms with Gasteiger partial charge in [-0.15, -0.1) is 0 Å². The van der Waals surface area contributed by atoms with Crippen LogP contribution in [0, 0.1) is 11.8 Å². The molecule has 1 aromatic carbocycles. The molecule has 0 spiro atoms. The van der Waals surface area contributed by atoms with Crippen molar-refractivity contribution in [3.05, 3.63) is 53.1 Å². The van der Waals surface area contributed by atoms with Crippen LogP contribution < -0.4 is 4.74 Å². The highest BCUT2D eigenvalue weighted by atomic mass is 28.4.